The van der Waals surface area contributed by atoms with Crippen LogP contribution >= 0.6 is 24.2 Å². The van der Waals surface area contributed by atoms with Crippen LogP contribution in [-0.2, 0) is 0 Å². The van der Waals surface area contributed by atoms with Crippen LogP contribution in [0.15, 0.2) is 17.2 Å². The molecule has 0 spiro atoms. The molecule has 1 saturated heterocycles. The Morgan fingerprint density at radius 3 is 2.75 bits per heavy atom. The summed E-state index contributed by atoms with van der Waals surface area (Å²) in [6.07, 6.45) is 1.70. The van der Waals surface area contributed by atoms with E-state index in [0.717, 1.165) is 23.8 Å². The second-order valence-electron chi connectivity index (χ2n) is 4.72. The molecule has 1 aromatic rings. The van der Waals surface area contributed by atoms with Crippen molar-refractivity contribution in [2.45, 2.75) is 24.3 Å². The minimum Gasteiger partial charge on any atom is -0.390 e. The van der Waals surface area contributed by atoms with Crippen molar-refractivity contribution in [2.75, 3.05) is 18.0 Å². The van der Waals surface area contributed by atoms with Crippen LogP contribution in [0.3, 0.4) is 0 Å². The molecule has 0 amide bonds. The van der Waals surface area contributed by atoms with Crippen LogP contribution in [0.2, 0.25) is 5.02 Å². The van der Waals surface area contributed by atoms with E-state index in [0.29, 0.717) is 5.02 Å². The van der Waals surface area contributed by atoms with Gasteiger partial charge in [0.05, 0.1) is 10.6 Å². The van der Waals surface area contributed by atoms with Crippen molar-refractivity contribution in [3.63, 3.8) is 0 Å². The Hall–Kier alpha value is -0.450. The molecule has 2 rings (SSSR count). The zero-order chi connectivity index (χ0) is 11.9. The number of anilines is 1. The first-order valence-electron chi connectivity index (χ1n) is 5.20. The van der Waals surface area contributed by atoms with Gasteiger partial charge < -0.3 is 10.0 Å². The summed E-state index contributed by atoms with van der Waals surface area (Å²) in [5, 5.41) is 10.4. The van der Waals surface area contributed by atoms with Gasteiger partial charge in [0.1, 0.15) is 5.82 Å². The fraction of sp³-hybridized carbons (Fsp3) is 0.545. The van der Waals surface area contributed by atoms with Crippen LogP contribution in [0.1, 0.15) is 13.8 Å². The van der Waals surface area contributed by atoms with E-state index in [1.807, 2.05) is 13.8 Å². The second kappa shape index (κ2) is 4.09. The molecule has 16 heavy (non-hydrogen) atoms. The minimum absolute atomic E-state index is 0.272. The molecule has 1 aliphatic rings. The molecule has 1 N–H and O–H groups in total. The maximum atomic E-state index is 9.83. The largest absolute Gasteiger partial charge is 0.390 e. The van der Waals surface area contributed by atoms with Crippen molar-refractivity contribution in [2.24, 2.45) is 5.92 Å². The molecule has 0 radical (unpaired) electrons. The van der Waals surface area contributed by atoms with Gasteiger partial charge in [0, 0.05) is 30.1 Å². The van der Waals surface area contributed by atoms with Gasteiger partial charge in [-0.25, -0.2) is 4.98 Å². The van der Waals surface area contributed by atoms with Gasteiger partial charge in [0.25, 0.3) is 0 Å². The molecule has 2 heterocycles. The highest BCUT2D eigenvalue weighted by Crippen LogP contribution is 2.36. The summed E-state index contributed by atoms with van der Waals surface area (Å²) in [4.78, 5) is 7.04. The summed E-state index contributed by atoms with van der Waals surface area (Å²) >= 11 is 10.4. The lowest BCUT2D eigenvalue weighted by Crippen LogP contribution is -2.56. The number of hydrogen-bond donors (Lipinski definition) is 2. The van der Waals surface area contributed by atoms with E-state index < -0.39 is 5.60 Å². The van der Waals surface area contributed by atoms with Crippen molar-refractivity contribution in [1.82, 2.24) is 4.98 Å². The van der Waals surface area contributed by atoms with E-state index in [1.54, 1.807) is 12.3 Å². The van der Waals surface area contributed by atoms with E-state index in [4.69, 9.17) is 11.6 Å². The van der Waals surface area contributed by atoms with Gasteiger partial charge in [0.2, 0.25) is 0 Å². The molecule has 0 bridgehead atoms. The zero-order valence-corrected chi connectivity index (χ0v) is 11.0. The normalized spacial score (nSPS) is 17.4. The van der Waals surface area contributed by atoms with Gasteiger partial charge in [-0.3, -0.25) is 0 Å². The SMILES string of the molecule is CC(C)(O)C1CN(c2nccc(S)c2Cl)C1. The van der Waals surface area contributed by atoms with Gasteiger partial charge in [0.15, 0.2) is 0 Å². The van der Waals surface area contributed by atoms with E-state index in [1.165, 1.54) is 0 Å². The molecule has 0 atom stereocenters. The fourth-order valence-corrected chi connectivity index (χ4v) is 2.14. The van der Waals surface area contributed by atoms with Crippen molar-refractivity contribution >= 4 is 30.0 Å². The van der Waals surface area contributed by atoms with Gasteiger partial charge in [-0.1, -0.05) is 11.6 Å². The Kier molecular flexibility index (Phi) is 3.07. The summed E-state index contributed by atoms with van der Waals surface area (Å²) in [7, 11) is 0. The monoisotopic (exact) mass is 258 g/mol. The number of aliphatic hydroxyl groups is 1. The van der Waals surface area contributed by atoms with Crippen molar-refractivity contribution in [3.05, 3.63) is 17.3 Å². The average molecular weight is 259 g/mol. The number of pyridine rings is 1. The molecular weight excluding hydrogens is 244 g/mol. The first kappa shape index (κ1) is 12.0. The van der Waals surface area contributed by atoms with Crippen LogP contribution < -0.4 is 4.90 Å². The summed E-state index contributed by atoms with van der Waals surface area (Å²) in [6, 6.07) is 1.77. The highest BCUT2D eigenvalue weighted by atomic mass is 35.5. The molecule has 0 aromatic carbocycles. The van der Waals surface area contributed by atoms with Crippen LogP contribution in [0.4, 0.5) is 5.82 Å². The maximum absolute atomic E-state index is 9.83. The first-order chi connectivity index (χ1) is 7.39. The molecule has 0 aliphatic carbocycles. The third-order valence-electron chi connectivity index (χ3n) is 3.03. The van der Waals surface area contributed by atoms with Crippen LogP contribution in [0.5, 0.6) is 0 Å². The predicted molar refractivity (Wildman–Crippen MR) is 68.5 cm³/mol. The lowest BCUT2D eigenvalue weighted by atomic mass is 9.84. The summed E-state index contributed by atoms with van der Waals surface area (Å²) in [6.45, 7) is 5.24. The Morgan fingerprint density at radius 1 is 1.56 bits per heavy atom. The molecule has 5 heteroatoms. The van der Waals surface area contributed by atoms with Crippen LogP contribution in [0.25, 0.3) is 0 Å². The summed E-state index contributed by atoms with van der Waals surface area (Å²) < 4.78 is 0. The number of thiol groups is 1. The van der Waals surface area contributed by atoms with Crippen LogP contribution in [-0.4, -0.2) is 28.8 Å². The quantitative estimate of drug-likeness (QED) is 0.799. The first-order valence-corrected chi connectivity index (χ1v) is 6.03. The molecule has 1 aromatic heterocycles. The Balaban J connectivity index is 2.10. The molecule has 0 unspecified atom stereocenters. The highest BCUT2D eigenvalue weighted by molar-refractivity contribution is 7.80. The van der Waals surface area contributed by atoms with Gasteiger partial charge >= 0.3 is 0 Å². The Bertz CT molecular complexity index is 399. The molecule has 3 nitrogen and oxygen atoms in total. The number of halogens is 1. The molecule has 0 saturated carbocycles. The average Bonchev–Trinajstić information content (AvgIpc) is 2.07. The Labute approximate surface area is 106 Å². The Morgan fingerprint density at radius 2 is 2.19 bits per heavy atom. The van der Waals surface area contributed by atoms with Gasteiger partial charge in [-0.05, 0) is 19.9 Å². The third-order valence-corrected chi connectivity index (χ3v) is 3.91. The molecular formula is C11H15ClN2OS. The number of rotatable bonds is 2. The lowest BCUT2D eigenvalue weighted by molar-refractivity contribution is 0.00438. The molecule has 1 aliphatic heterocycles. The van der Waals surface area contributed by atoms with Crippen molar-refractivity contribution in [3.8, 4) is 0 Å². The van der Waals surface area contributed by atoms with E-state index in [9.17, 15) is 5.11 Å². The molecule has 88 valence electrons. The second-order valence-corrected chi connectivity index (χ2v) is 5.58. The topological polar surface area (TPSA) is 36.4 Å². The summed E-state index contributed by atoms with van der Waals surface area (Å²) in [5.41, 5.74) is -0.637. The van der Waals surface area contributed by atoms with E-state index in [2.05, 4.69) is 22.5 Å². The number of nitrogens with zero attached hydrogens (tertiary/aromatic N) is 2. The fourth-order valence-electron chi connectivity index (χ4n) is 1.74. The highest BCUT2D eigenvalue weighted by Gasteiger charge is 2.38. The number of hydrogen-bond acceptors (Lipinski definition) is 4. The minimum atomic E-state index is -0.637. The third kappa shape index (κ3) is 2.14. The maximum Gasteiger partial charge on any atom is 0.148 e. The van der Waals surface area contributed by atoms with Crippen molar-refractivity contribution in [1.29, 1.82) is 0 Å². The standard InChI is InChI=1S/C11H15ClN2OS/c1-11(2,15)7-5-14(6-7)10-9(12)8(16)3-4-13-10/h3-4,7,15H,5-6H2,1-2H3,(H,13,16). The van der Waals surface area contributed by atoms with E-state index >= 15 is 0 Å². The van der Waals surface area contributed by atoms with Crippen LogP contribution in [0, 0.1) is 5.92 Å². The number of aromatic nitrogens is 1. The zero-order valence-electron chi connectivity index (χ0n) is 9.31. The predicted octanol–water partition coefficient (Wildman–Crippen LogP) is 2.23. The smallest absolute Gasteiger partial charge is 0.148 e. The molecule has 1 fully saturated rings. The van der Waals surface area contributed by atoms with Gasteiger partial charge in [-0.2, -0.15) is 0 Å². The van der Waals surface area contributed by atoms with Gasteiger partial charge in [-0.15, -0.1) is 12.6 Å². The lowest BCUT2D eigenvalue weighted by Gasteiger charge is -2.46. The van der Waals surface area contributed by atoms with Crippen molar-refractivity contribution < 1.29 is 5.11 Å². The van der Waals surface area contributed by atoms with E-state index in [-0.39, 0.29) is 5.92 Å². The summed E-state index contributed by atoms with van der Waals surface area (Å²) in [5.74, 6) is 1.03.